The number of halogens is 1. The Kier molecular flexibility index (Phi) is 4.29. The van der Waals surface area contributed by atoms with Gasteiger partial charge in [-0.25, -0.2) is 0 Å². The zero-order valence-electron chi connectivity index (χ0n) is 5.19. The minimum absolute atomic E-state index is 0. The highest BCUT2D eigenvalue weighted by Crippen LogP contribution is 1.20. The van der Waals surface area contributed by atoms with Crippen LogP contribution in [-0.2, 0) is 0 Å². The first-order valence-electron chi connectivity index (χ1n) is 2.26. The Balaban J connectivity index is 0. The van der Waals surface area contributed by atoms with E-state index < -0.39 is 6.85 Å². The molecule has 0 heterocycles. The van der Waals surface area contributed by atoms with Crippen LogP contribution in [0.2, 0.25) is 0 Å². The van der Waals surface area contributed by atoms with Gasteiger partial charge in [0, 0.05) is 4.11 Å². The normalized spacial score (nSPS) is 18.8. The molecule has 0 spiro atoms. The smallest absolute Gasteiger partial charge is 0.0243 e. The average Bonchev–Trinajstić information content (AvgIpc) is 1.35. The topological polar surface area (TPSA) is 26.0 Å². The van der Waals surface area contributed by atoms with Crippen LogP contribution in [0.4, 0.5) is 0 Å². The summed E-state index contributed by atoms with van der Waals surface area (Å²) in [4.78, 5) is 0. The van der Waals surface area contributed by atoms with E-state index in [4.69, 9.17) is 9.85 Å². The van der Waals surface area contributed by atoms with Crippen molar-refractivity contribution in [2.45, 2.75) is 6.85 Å². The summed E-state index contributed by atoms with van der Waals surface area (Å²) in [5.41, 5.74) is 4.74. The highest BCUT2D eigenvalue weighted by atomic mass is 35.5. The van der Waals surface area contributed by atoms with Gasteiger partial charge in [-0.05, 0) is 6.54 Å². The second-order valence-electron chi connectivity index (χ2n) is 0.204. The van der Waals surface area contributed by atoms with Gasteiger partial charge in [0.15, 0.2) is 0 Å². The number of rotatable bonds is 0. The lowest BCUT2D eigenvalue weighted by atomic mass is 10.8. The second kappa shape index (κ2) is 10.5. The molecule has 0 aromatic heterocycles. The van der Waals surface area contributed by atoms with E-state index in [1.807, 2.05) is 0 Å². The van der Waals surface area contributed by atoms with E-state index in [0.29, 0.717) is 0 Å². The van der Waals surface area contributed by atoms with Gasteiger partial charge in [-0.15, -0.1) is 12.4 Å². The van der Waals surface area contributed by atoms with Crippen LogP contribution < -0.4 is 5.73 Å². The van der Waals surface area contributed by atoms with Crippen LogP contribution in [0.5, 0.6) is 0 Å². The van der Waals surface area contributed by atoms with Crippen LogP contribution in [0.1, 0.15) is 11.0 Å². The third-order valence-electron chi connectivity index (χ3n) is 0. The monoisotopic (exact) mass is 84.1 g/mol. The highest BCUT2D eigenvalue weighted by molar-refractivity contribution is 5.85. The first kappa shape index (κ1) is 1.63. The van der Waals surface area contributed by atoms with E-state index in [-0.39, 0.29) is 19.0 Å². The third kappa shape index (κ3) is 56.3. The summed E-state index contributed by atoms with van der Waals surface area (Å²) >= 11 is 0. The molecule has 2 heteroatoms. The number of hydrogen-bond donors (Lipinski definition) is 1. The molecule has 0 aliphatic rings. The Morgan fingerprint density at radius 3 is 2.50 bits per heavy atom. The van der Waals surface area contributed by atoms with Crippen molar-refractivity contribution >= 4 is 12.4 Å². The lowest BCUT2D eigenvalue weighted by Crippen LogP contribution is -1.87. The fourth-order valence-electron chi connectivity index (χ4n) is 0. The molecule has 0 saturated heterocycles. The fourth-order valence-corrected chi connectivity index (χ4v) is 0. The van der Waals surface area contributed by atoms with Gasteiger partial charge in [0.25, 0.3) is 0 Å². The third-order valence-corrected chi connectivity index (χ3v) is 0. The fraction of sp³-hybridized carbons (Fsp3) is 1.00. The largest absolute Gasteiger partial charge is 0.331 e. The molecule has 0 aromatic rings. The van der Waals surface area contributed by atoms with Crippen molar-refractivity contribution in [3.63, 3.8) is 0 Å². The SMILES string of the molecule is Cl.[2H]C([2H])([2H])CN. The van der Waals surface area contributed by atoms with Gasteiger partial charge in [-0.3, -0.25) is 0 Å². The molecule has 1 nitrogen and oxygen atoms in total. The maximum atomic E-state index is 6.39. The maximum Gasteiger partial charge on any atom is 0.0243 e. The molecule has 0 atom stereocenters. The van der Waals surface area contributed by atoms with Gasteiger partial charge >= 0.3 is 0 Å². The summed E-state index contributed by atoms with van der Waals surface area (Å²) in [7, 11) is 0. The Morgan fingerprint density at radius 2 is 2.50 bits per heavy atom. The van der Waals surface area contributed by atoms with Crippen LogP contribution in [0.3, 0.4) is 0 Å². The standard InChI is InChI=1S/C2H7N.ClH/c1-2-3;/h2-3H2,1H3;1H/i1D3;. The molecule has 2 N–H and O–H groups in total. The van der Waals surface area contributed by atoms with Crippen LogP contribution in [-0.4, -0.2) is 6.54 Å². The summed E-state index contributed by atoms with van der Waals surface area (Å²) in [5, 5.41) is 0. The Morgan fingerprint density at radius 1 is 2.25 bits per heavy atom. The van der Waals surface area contributed by atoms with E-state index in [0.717, 1.165) is 0 Å². The molecule has 0 saturated carbocycles. The van der Waals surface area contributed by atoms with Crippen molar-refractivity contribution in [2.75, 3.05) is 6.54 Å². The van der Waals surface area contributed by atoms with Crippen molar-refractivity contribution in [1.29, 1.82) is 0 Å². The number of hydrogen-bond acceptors (Lipinski definition) is 1. The Bertz CT molecular complexity index is 42.7. The van der Waals surface area contributed by atoms with Gasteiger partial charge in [0.2, 0.25) is 0 Å². The molecule has 0 aliphatic heterocycles. The van der Waals surface area contributed by atoms with E-state index in [1.165, 1.54) is 0 Å². The molecule has 0 amide bonds. The molecular formula is C2H8ClN. The maximum absolute atomic E-state index is 6.39. The van der Waals surface area contributed by atoms with E-state index in [1.54, 1.807) is 0 Å². The summed E-state index contributed by atoms with van der Waals surface area (Å²) in [6.45, 7) is -2.16. The molecule has 0 unspecified atom stereocenters. The molecule has 0 aliphatic carbocycles. The van der Waals surface area contributed by atoms with Crippen LogP contribution >= 0.6 is 12.4 Å². The van der Waals surface area contributed by atoms with E-state index in [9.17, 15) is 0 Å². The lowest BCUT2D eigenvalue weighted by molar-refractivity contribution is 1.14. The van der Waals surface area contributed by atoms with Crippen molar-refractivity contribution in [3.05, 3.63) is 0 Å². The predicted octanol–water partition coefficient (Wildman–Crippen LogP) is 0.387. The second-order valence-corrected chi connectivity index (χ2v) is 0.204. The van der Waals surface area contributed by atoms with Crippen LogP contribution in [0, 0.1) is 0 Å². The van der Waals surface area contributed by atoms with E-state index in [2.05, 4.69) is 0 Å². The summed E-state index contributed by atoms with van der Waals surface area (Å²) in [6.07, 6.45) is 0. The van der Waals surface area contributed by atoms with Gasteiger partial charge in [0.1, 0.15) is 0 Å². The first-order chi connectivity index (χ1) is 2.56. The van der Waals surface area contributed by atoms with Crippen LogP contribution in [0.15, 0.2) is 0 Å². The average molecular weight is 84.6 g/mol. The molecular weight excluding hydrogens is 73.5 g/mol. The van der Waals surface area contributed by atoms with Gasteiger partial charge < -0.3 is 5.73 Å². The van der Waals surface area contributed by atoms with Gasteiger partial charge in [-0.1, -0.05) is 6.85 Å². The Labute approximate surface area is 36.8 Å². The molecule has 4 heavy (non-hydrogen) atoms. The number of nitrogens with two attached hydrogens (primary N) is 1. The minimum atomic E-state index is -1.93. The molecule has 0 fully saturated rings. The summed E-state index contributed by atoms with van der Waals surface area (Å²) in [5.74, 6) is 0. The zero-order chi connectivity index (χ0) is 5.21. The molecule has 28 valence electrons. The van der Waals surface area contributed by atoms with Crippen molar-refractivity contribution in [3.8, 4) is 0 Å². The van der Waals surface area contributed by atoms with Crippen LogP contribution in [0.25, 0.3) is 0 Å². The lowest BCUT2D eigenvalue weighted by Gasteiger charge is -1.53. The molecule has 0 bridgehead atoms. The first-order valence-corrected chi connectivity index (χ1v) is 0.762. The molecule has 0 rings (SSSR count). The van der Waals surface area contributed by atoms with Gasteiger partial charge in [0.05, 0.1) is 0 Å². The summed E-state index contributed by atoms with van der Waals surface area (Å²) < 4.78 is 19.2. The minimum Gasteiger partial charge on any atom is -0.331 e. The van der Waals surface area contributed by atoms with E-state index >= 15 is 0 Å². The molecule has 0 aromatic carbocycles. The highest BCUT2D eigenvalue weighted by Gasteiger charge is 1.32. The molecule has 0 radical (unpaired) electrons. The summed E-state index contributed by atoms with van der Waals surface area (Å²) in [6, 6.07) is 0. The van der Waals surface area contributed by atoms with Gasteiger partial charge in [-0.2, -0.15) is 0 Å². The van der Waals surface area contributed by atoms with Crippen molar-refractivity contribution < 1.29 is 4.11 Å². The van der Waals surface area contributed by atoms with Crippen molar-refractivity contribution in [2.24, 2.45) is 5.73 Å². The zero-order valence-corrected chi connectivity index (χ0v) is 3.01. The predicted molar refractivity (Wildman–Crippen MR) is 22.0 cm³/mol. The quantitative estimate of drug-likeness (QED) is 0.451. The van der Waals surface area contributed by atoms with Crippen molar-refractivity contribution in [1.82, 2.24) is 0 Å². The Hall–Kier alpha value is 0.250.